The number of fused-ring (bicyclic) bond motifs is 1. The van der Waals surface area contributed by atoms with E-state index >= 15 is 0 Å². The first-order valence-electron chi connectivity index (χ1n) is 5.95. The number of rotatable bonds is 3. The van der Waals surface area contributed by atoms with Crippen LogP contribution in [0.5, 0.6) is 0 Å². The van der Waals surface area contributed by atoms with Crippen LogP contribution in [-0.4, -0.2) is 40.4 Å². The highest BCUT2D eigenvalue weighted by Crippen LogP contribution is 2.35. The monoisotopic (exact) mass is 269 g/mol. The fourth-order valence-electron chi connectivity index (χ4n) is 2.27. The second-order valence-electron chi connectivity index (χ2n) is 4.55. The third-order valence-corrected chi connectivity index (χ3v) is 5.15. The molecule has 0 spiro atoms. The smallest absolute Gasteiger partial charge is 0.303 e. The summed E-state index contributed by atoms with van der Waals surface area (Å²) in [5.41, 5.74) is 1.81. The average molecular weight is 269 g/mol. The van der Waals surface area contributed by atoms with Gasteiger partial charge in [0, 0.05) is 26.7 Å². The van der Waals surface area contributed by atoms with E-state index in [0.717, 1.165) is 17.7 Å². The maximum Gasteiger partial charge on any atom is 0.303 e. The van der Waals surface area contributed by atoms with E-state index in [1.807, 2.05) is 31.3 Å². The van der Waals surface area contributed by atoms with Gasteiger partial charge in [-0.1, -0.05) is 18.2 Å². The number of nitrogens with zero attached hydrogens (tertiary/aromatic N) is 2. The molecule has 0 saturated heterocycles. The van der Waals surface area contributed by atoms with Crippen LogP contribution in [0, 0.1) is 0 Å². The topological polar surface area (TPSA) is 52.7 Å². The zero-order chi connectivity index (χ0) is 13.3. The van der Waals surface area contributed by atoms with Gasteiger partial charge in [-0.25, -0.2) is 0 Å². The van der Waals surface area contributed by atoms with Crippen LogP contribution in [-0.2, 0) is 10.2 Å². The third-order valence-electron chi connectivity index (χ3n) is 3.29. The lowest BCUT2D eigenvalue weighted by Crippen LogP contribution is -2.44. The Morgan fingerprint density at radius 1 is 1.33 bits per heavy atom. The van der Waals surface area contributed by atoms with Gasteiger partial charge in [-0.2, -0.15) is 12.7 Å². The zero-order valence-electron chi connectivity index (χ0n) is 10.9. The van der Waals surface area contributed by atoms with Gasteiger partial charge in [0.15, 0.2) is 0 Å². The predicted molar refractivity (Wildman–Crippen MR) is 72.8 cm³/mol. The summed E-state index contributed by atoms with van der Waals surface area (Å²) >= 11 is 0. The first-order valence-corrected chi connectivity index (χ1v) is 7.34. The summed E-state index contributed by atoms with van der Waals surface area (Å²) in [7, 11) is 1.61. The van der Waals surface area contributed by atoms with Crippen LogP contribution in [0.4, 0.5) is 5.69 Å². The molecule has 1 aromatic carbocycles. The Morgan fingerprint density at radius 3 is 2.61 bits per heavy atom. The zero-order valence-corrected chi connectivity index (χ0v) is 11.7. The summed E-state index contributed by atoms with van der Waals surface area (Å²) in [6.07, 6.45) is 0.778. The summed E-state index contributed by atoms with van der Waals surface area (Å²) in [5.74, 6) is 0. The lowest BCUT2D eigenvalue weighted by Gasteiger charge is -2.36. The molecule has 6 heteroatoms. The Bertz CT molecular complexity index is 528. The quantitative estimate of drug-likeness (QED) is 0.889. The Morgan fingerprint density at radius 2 is 2.00 bits per heavy atom. The molecule has 1 N–H and O–H groups in total. The minimum Gasteiger partial charge on any atom is -0.313 e. The Balaban J connectivity index is 2.49. The van der Waals surface area contributed by atoms with Crippen LogP contribution in [0.1, 0.15) is 18.0 Å². The second kappa shape index (κ2) is 4.87. The normalized spacial score (nSPS) is 20.0. The molecule has 0 bridgehead atoms. The Kier molecular flexibility index (Phi) is 3.61. The lowest BCUT2D eigenvalue weighted by molar-refractivity contribution is 0.495. The van der Waals surface area contributed by atoms with Crippen molar-refractivity contribution in [2.24, 2.45) is 0 Å². The molecule has 100 valence electrons. The molecule has 0 fully saturated rings. The van der Waals surface area contributed by atoms with Crippen molar-refractivity contribution in [2.75, 3.05) is 32.0 Å². The van der Waals surface area contributed by atoms with Crippen LogP contribution in [0.3, 0.4) is 0 Å². The SMILES string of the molecule is CNC1CCN(S(=O)(=O)N(C)C)c2ccccc21. The molecule has 1 unspecified atom stereocenters. The molecular weight excluding hydrogens is 250 g/mol. The van der Waals surface area contributed by atoms with E-state index in [9.17, 15) is 8.42 Å². The number of anilines is 1. The van der Waals surface area contributed by atoms with E-state index in [2.05, 4.69) is 5.32 Å². The summed E-state index contributed by atoms with van der Waals surface area (Å²) in [4.78, 5) is 0. The fraction of sp³-hybridized carbons (Fsp3) is 0.500. The first kappa shape index (κ1) is 13.3. The summed E-state index contributed by atoms with van der Waals surface area (Å²) in [5, 5.41) is 3.23. The summed E-state index contributed by atoms with van der Waals surface area (Å²) < 4.78 is 27.3. The average Bonchev–Trinajstić information content (AvgIpc) is 2.37. The molecule has 0 amide bonds. The lowest BCUT2D eigenvalue weighted by atomic mass is 9.98. The van der Waals surface area contributed by atoms with Crippen molar-refractivity contribution < 1.29 is 8.42 Å². The highest BCUT2D eigenvalue weighted by molar-refractivity contribution is 7.90. The van der Waals surface area contributed by atoms with E-state index in [0.29, 0.717) is 6.54 Å². The number of para-hydroxylation sites is 1. The standard InChI is InChI=1S/C12H19N3O2S/c1-13-11-8-9-15(18(16,17)14(2)3)12-7-5-4-6-10(11)12/h4-7,11,13H,8-9H2,1-3H3. The van der Waals surface area contributed by atoms with Crippen LogP contribution in [0.25, 0.3) is 0 Å². The van der Waals surface area contributed by atoms with E-state index in [1.165, 1.54) is 8.61 Å². The Labute approximate surface area is 109 Å². The molecule has 0 aliphatic carbocycles. The molecule has 1 aromatic rings. The fourth-order valence-corrected chi connectivity index (χ4v) is 3.41. The van der Waals surface area contributed by atoms with Crippen LogP contribution >= 0.6 is 0 Å². The van der Waals surface area contributed by atoms with E-state index in [-0.39, 0.29) is 6.04 Å². The second-order valence-corrected chi connectivity index (χ2v) is 6.62. The molecule has 2 rings (SSSR count). The van der Waals surface area contributed by atoms with Crippen molar-refractivity contribution in [3.8, 4) is 0 Å². The van der Waals surface area contributed by atoms with Crippen LogP contribution in [0.15, 0.2) is 24.3 Å². The molecule has 1 heterocycles. The van der Waals surface area contributed by atoms with Crippen molar-refractivity contribution in [1.29, 1.82) is 0 Å². The van der Waals surface area contributed by atoms with Crippen molar-refractivity contribution in [2.45, 2.75) is 12.5 Å². The third kappa shape index (κ3) is 2.11. The predicted octanol–water partition coefficient (Wildman–Crippen LogP) is 0.964. The molecule has 1 aliphatic heterocycles. The van der Waals surface area contributed by atoms with Crippen molar-refractivity contribution >= 4 is 15.9 Å². The van der Waals surface area contributed by atoms with Crippen molar-refractivity contribution in [3.05, 3.63) is 29.8 Å². The molecule has 0 saturated carbocycles. The first-order chi connectivity index (χ1) is 8.48. The Hall–Kier alpha value is -1.11. The van der Waals surface area contributed by atoms with E-state index < -0.39 is 10.2 Å². The maximum atomic E-state index is 12.3. The van der Waals surface area contributed by atoms with Crippen LogP contribution in [0.2, 0.25) is 0 Å². The van der Waals surface area contributed by atoms with Gasteiger partial charge < -0.3 is 5.32 Å². The van der Waals surface area contributed by atoms with Crippen molar-refractivity contribution in [3.63, 3.8) is 0 Å². The molecule has 18 heavy (non-hydrogen) atoms. The molecule has 0 aromatic heterocycles. The largest absolute Gasteiger partial charge is 0.313 e. The molecular formula is C12H19N3O2S. The van der Waals surface area contributed by atoms with Gasteiger partial charge in [0.25, 0.3) is 0 Å². The van der Waals surface area contributed by atoms with Gasteiger partial charge in [0.1, 0.15) is 0 Å². The van der Waals surface area contributed by atoms with E-state index in [4.69, 9.17) is 0 Å². The van der Waals surface area contributed by atoms with Crippen molar-refractivity contribution in [1.82, 2.24) is 9.62 Å². The molecule has 5 nitrogen and oxygen atoms in total. The minimum absolute atomic E-state index is 0.217. The van der Waals surface area contributed by atoms with Gasteiger partial charge in [-0.15, -0.1) is 0 Å². The highest BCUT2D eigenvalue weighted by Gasteiger charge is 2.32. The van der Waals surface area contributed by atoms with Crippen LogP contribution < -0.4 is 9.62 Å². The van der Waals surface area contributed by atoms with Gasteiger partial charge in [-0.3, -0.25) is 4.31 Å². The van der Waals surface area contributed by atoms with Gasteiger partial charge in [0.05, 0.1) is 5.69 Å². The highest BCUT2D eigenvalue weighted by atomic mass is 32.2. The summed E-state index contributed by atoms with van der Waals surface area (Å²) in [6, 6.07) is 7.87. The number of hydrogen-bond donors (Lipinski definition) is 1. The molecule has 1 atom stereocenters. The number of benzene rings is 1. The molecule has 0 radical (unpaired) electrons. The number of hydrogen-bond acceptors (Lipinski definition) is 3. The van der Waals surface area contributed by atoms with Gasteiger partial charge in [-0.05, 0) is 25.1 Å². The minimum atomic E-state index is -3.41. The number of nitrogens with one attached hydrogen (secondary N) is 1. The molecule has 1 aliphatic rings. The van der Waals surface area contributed by atoms with Gasteiger partial charge >= 0.3 is 10.2 Å². The van der Waals surface area contributed by atoms with E-state index in [1.54, 1.807) is 14.1 Å². The summed E-state index contributed by atoms with van der Waals surface area (Å²) in [6.45, 7) is 0.503. The maximum absolute atomic E-state index is 12.3. The van der Waals surface area contributed by atoms with Gasteiger partial charge in [0.2, 0.25) is 0 Å².